The third-order valence-electron chi connectivity index (χ3n) is 3.30. The molecule has 0 fully saturated rings. The van der Waals surface area contributed by atoms with Gasteiger partial charge in [-0.25, -0.2) is 0 Å². The Balaban J connectivity index is 2.89. The molecular weight excluding hydrogens is 248 g/mol. The van der Waals surface area contributed by atoms with Gasteiger partial charge in [-0.05, 0) is 24.0 Å². The van der Waals surface area contributed by atoms with Gasteiger partial charge in [-0.2, -0.15) is 8.42 Å². The largest absolute Gasteiger partial charge is 0.294 e. The fourth-order valence-corrected chi connectivity index (χ4v) is 2.91. The summed E-state index contributed by atoms with van der Waals surface area (Å²) >= 11 is 0. The number of unbranched alkanes of at least 4 members (excludes halogenated alkanes) is 1. The summed E-state index contributed by atoms with van der Waals surface area (Å²) in [5, 5.41) is 0. The van der Waals surface area contributed by atoms with Crippen LogP contribution in [0.3, 0.4) is 0 Å². The SMILES string of the molecule is CCCCC(CC)Cc1ccccc1S(=O)(=O)O. The lowest BCUT2D eigenvalue weighted by Crippen LogP contribution is -2.08. The van der Waals surface area contributed by atoms with Crippen molar-refractivity contribution in [1.29, 1.82) is 0 Å². The van der Waals surface area contributed by atoms with E-state index in [-0.39, 0.29) is 4.90 Å². The van der Waals surface area contributed by atoms with Gasteiger partial charge in [-0.1, -0.05) is 57.7 Å². The van der Waals surface area contributed by atoms with Gasteiger partial charge in [0, 0.05) is 0 Å². The molecule has 1 aromatic carbocycles. The first-order valence-corrected chi connectivity index (χ1v) is 7.98. The van der Waals surface area contributed by atoms with Gasteiger partial charge >= 0.3 is 0 Å². The Hall–Kier alpha value is -0.870. The van der Waals surface area contributed by atoms with Crippen LogP contribution in [0, 0.1) is 5.92 Å². The first kappa shape index (κ1) is 15.2. The van der Waals surface area contributed by atoms with Crippen LogP contribution in [0.15, 0.2) is 29.2 Å². The standard InChI is InChI=1S/C14H22O3S/c1-3-5-8-12(4-2)11-13-9-6-7-10-14(13)18(15,16)17/h6-7,9-10,12H,3-5,8,11H2,1-2H3,(H,15,16,17). The van der Waals surface area contributed by atoms with E-state index < -0.39 is 10.1 Å². The zero-order valence-electron chi connectivity index (χ0n) is 11.1. The summed E-state index contributed by atoms with van der Waals surface area (Å²) in [4.78, 5) is 0.0555. The molecule has 1 aromatic rings. The molecular formula is C14H22O3S. The van der Waals surface area contributed by atoms with Gasteiger partial charge in [0.2, 0.25) is 0 Å². The summed E-state index contributed by atoms with van der Waals surface area (Å²) < 4.78 is 31.8. The highest BCUT2D eigenvalue weighted by Gasteiger charge is 2.17. The number of rotatable bonds is 7. The molecule has 1 unspecified atom stereocenters. The number of hydrogen-bond acceptors (Lipinski definition) is 2. The van der Waals surface area contributed by atoms with E-state index in [4.69, 9.17) is 0 Å². The Labute approximate surface area is 110 Å². The smallest absolute Gasteiger partial charge is 0.282 e. The van der Waals surface area contributed by atoms with Crippen LogP contribution in [0.1, 0.15) is 45.1 Å². The van der Waals surface area contributed by atoms with Crippen molar-refractivity contribution in [1.82, 2.24) is 0 Å². The number of hydrogen-bond donors (Lipinski definition) is 1. The van der Waals surface area contributed by atoms with E-state index in [2.05, 4.69) is 13.8 Å². The molecule has 0 saturated heterocycles. The highest BCUT2D eigenvalue weighted by molar-refractivity contribution is 7.85. The summed E-state index contributed by atoms with van der Waals surface area (Å²) in [6.45, 7) is 4.27. The molecule has 1 rings (SSSR count). The zero-order chi connectivity index (χ0) is 13.6. The molecule has 102 valence electrons. The monoisotopic (exact) mass is 270 g/mol. The van der Waals surface area contributed by atoms with Crippen molar-refractivity contribution in [2.24, 2.45) is 5.92 Å². The minimum absolute atomic E-state index is 0.0555. The minimum Gasteiger partial charge on any atom is -0.282 e. The summed E-state index contributed by atoms with van der Waals surface area (Å²) in [5.74, 6) is 0.479. The second-order valence-corrected chi connectivity index (χ2v) is 6.09. The van der Waals surface area contributed by atoms with Crippen molar-refractivity contribution in [2.75, 3.05) is 0 Å². The second kappa shape index (κ2) is 6.90. The molecule has 0 aliphatic rings. The van der Waals surface area contributed by atoms with E-state index >= 15 is 0 Å². The fraction of sp³-hybridized carbons (Fsp3) is 0.571. The molecule has 0 amide bonds. The molecule has 0 saturated carbocycles. The van der Waals surface area contributed by atoms with Crippen LogP contribution in [0.25, 0.3) is 0 Å². The summed E-state index contributed by atoms with van der Waals surface area (Å²) in [6, 6.07) is 6.71. The van der Waals surface area contributed by atoms with Crippen LogP contribution >= 0.6 is 0 Å². The Morgan fingerprint density at radius 2 is 1.89 bits per heavy atom. The maximum absolute atomic E-state index is 11.3. The van der Waals surface area contributed by atoms with E-state index in [1.165, 1.54) is 6.07 Å². The quantitative estimate of drug-likeness (QED) is 0.769. The van der Waals surface area contributed by atoms with Crippen molar-refractivity contribution in [3.05, 3.63) is 29.8 Å². The van der Waals surface area contributed by atoms with Gasteiger partial charge in [0.05, 0.1) is 4.90 Å². The minimum atomic E-state index is -4.11. The predicted molar refractivity (Wildman–Crippen MR) is 73.3 cm³/mol. The Kier molecular flexibility index (Phi) is 5.82. The average molecular weight is 270 g/mol. The van der Waals surface area contributed by atoms with Crippen LogP contribution in [0.2, 0.25) is 0 Å². The molecule has 4 heteroatoms. The molecule has 1 N–H and O–H groups in total. The Bertz CT molecular complexity index is 466. The maximum atomic E-state index is 11.3. The van der Waals surface area contributed by atoms with Crippen LogP contribution in [0.5, 0.6) is 0 Å². The lowest BCUT2D eigenvalue weighted by molar-refractivity contribution is 0.443. The summed E-state index contributed by atoms with van der Waals surface area (Å²) in [7, 11) is -4.11. The van der Waals surface area contributed by atoms with Gasteiger partial charge in [-0.15, -0.1) is 0 Å². The molecule has 1 atom stereocenters. The lowest BCUT2D eigenvalue weighted by atomic mass is 9.92. The summed E-state index contributed by atoms with van der Waals surface area (Å²) in [5.41, 5.74) is 0.725. The predicted octanol–water partition coefficient (Wildman–Crippen LogP) is 3.69. The van der Waals surface area contributed by atoms with E-state index in [0.29, 0.717) is 12.3 Å². The first-order chi connectivity index (χ1) is 8.49. The molecule has 0 radical (unpaired) electrons. The third kappa shape index (κ3) is 4.42. The molecule has 0 aliphatic carbocycles. The fourth-order valence-electron chi connectivity index (χ4n) is 2.18. The van der Waals surface area contributed by atoms with E-state index in [9.17, 15) is 13.0 Å². The average Bonchev–Trinajstić information content (AvgIpc) is 2.33. The molecule has 0 aromatic heterocycles. The zero-order valence-corrected chi connectivity index (χ0v) is 11.9. The topological polar surface area (TPSA) is 54.4 Å². The van der Waals surface area contributed by atoms with E-state index in [1.807, 2.05) is 6.07 Å². The van der Waals surface area contributed by atoms with Crippen LogP contribution in [-0.4, -0.2) is 13.0 Å². The van der Waals surface area contributed by atoms with Crippen LogP contribution < -0.4 is 0 Å². The van der Waals surface area contributed by atoms with Crippen molar-refractivity contribution in [3.8, 4) is 0 Å². The van der Waals surface area contributed by atoms with Gasteiger partial charge in [0.1, 0.15) is 0 Å². The van der Waals surface area contributed by atoms with Gasteiger partial charge in [-0.3, -0.25) is 4.55 Å². The molecule has 0 spiro atoms. The number of benzene rings is 1. The third-order valence-corrected chi connectivity index (χ3v) is 4.26. The van der Waals surface area contributed by atoms with Crippen LogP contribution in [-0.2, 0) is 16.5 Å². The van der Waals surface area contributed by atoms with E-state index in [0.717, 1.165) is 31.2 Å². The van der Waals surface area contributed by atoms with Gasteiger partial charge in [0.15, 0.2) is 0 Å². The van der Waals surface area contributed by atoms with Gasteiger partial charge in [0.25, 0.3) is 10.1 Å². The molecule has 18 heavy (non-hydrogen) atoms. The molecule has 3 nitrogen and oxygen atoms in total. The van der Waals surface area contributed by atoms with E-state index in [1.54, 1.807) is 12.1 Å². The van der Waals surface area contributed by atoms with Crippen molar-refractivity contribution in [2.45, 2.75) is 50.8 Å². The Morgan fingerprint density at radius 1 is 1.22 bits per heavy atom. The second-order valence-electron chi connectivity index (χ2n) is 4.70. The van der Waals surface area contributed by atoms with Gasteiger partial charge < -0.3 is 0 Å². The maximum Gasteiger partial charge on any atom is 0.294 e. The van der Waals surface area contributed by atoms with Crippen molar-refractivity contribution >= 4 is 10.1 Å². The first-order valence-electron chi connectivity index (χ1n) is 6.54. The lowest BCUT2D eigenvalue weighted by Gasteiger charge is -2.16. The molecule has 0 aliphatic heterocycles. The van der Waals surface area contributed by atoms with Crippen molar-refractivity contribution in [3.63, 3.8) is 0 Å². The highest BCUT2D eigenvalue weighted by Crippen LogP contribution is 2.23. The summed E-state index contributed by atoms with van der Waals surface area (Å²) in [6.07, 6.45) is 5.15. The molecule has 0 heterocycles. The highest BCUT2D eigenvalue weighted by atomic mass is 32.2. The van der Waals surface area contributed by atoms with Crippen LogP contribution in [0.4, 0.5) is 0 Å². The molecule has 0 bridgehead atoms. The normalized spacial score (nSPS) is 13.5. The van der Waals surface area contributed by atoms with Crippen molar-refractivity contribution < 1.29 is 13.0 Å². The Morgan fingerprint density at radius 3 is 2.44 bits per heavy atom.